The Morgan fingerprint density at radius 3 is 2.65 bits per heavy atom. The number of nitrogens with one attached hydrogen (secondary N) is 1. The number of aldehydes is 1. The highest BCUT2D eigenvalue weighted by atomic mass is 19.3. The van der Waals surface area contributed by atoms with Gasteiger partial charge in [0.1, 0.15) is 12.0 Å². The molecule has 26 heavy (non-hydrogen) atoms. The Morgan fingerprint density at radius 2 is 2.04 bits per heavy atom. The molecule has 1 aromatic heterocycles. The molecule has 144 valence electrons. The minimum Gasteiger partial charge on any atom is -0.341 e. The normalized spacial score (nSPS) is 25.9. The summed E-state index contributed by atoms with van der Waals surface area (Å²) in [7, 11) is 0. The third kappa shape index (κ3) is 4.24. The molecule has 2 aliphatic rings. The highest BCUT2D eigenvalue weighted by Crippen LogP contribution is 2.43. The van der Waals surface area contributed by atoms with Crippen molar-refractivity contribution in [2.45, 2.75) is 63.0 Å². The topological polar surface area (TPSA) is 64.0 Å². The van der Waals surface area contributed by atoms with Crippen molar-refractivity contribution in [3.8, 4) is 0 Å². The molecule has 1 heterocycles. The van der Waals surface area contributed by atoms with Crippen molar-refractivity contribution in [2.24, 2.45) is 11.8 Å². The van der Waals surface area contributed by atoms with Crippen LogP contribution in [-0.2, 0) is 11.3 Å². The lowest BCUT2D eigenvalue weighted by molar-refractivity contribution is -0.115. The number of hydrogen-bond acceptors (Lipinski definition) is 3. The summed E-state index contributed by atoms with van der Waals surface area (Å²) in [6.07, 6.45) is 1.45. The second-order valence-corrected chi connectivity index (χ2v) is 7.38. The molecule has 0 aliphatic heterocycles. The zero-order valence-electron chi connectivity index (χ0n) is 14.1. The fraction of sp³-hybridized carbons (Fsp3) is 0.706. The van der Waals surface area contributed by atoms with E-state index in [1.165, 1.54) is 16.9 Å². The molecular weight excluding hydrogens is 354 g/mol. The van der Waals surface area contributed by atoms with Gasteiger partial charge < -0.3 is 10.1 Å². The first-order chi connectivity index (χ1) is 12.2. The summed E-state index contributed by atoms with van der Waals surface area (Å²) in [4.78, 5) is 23.8. The number of rotatable bonds is 6. The third-order valence-electron chi connectivity index (χ3n) is 5.19. The van der Waals surface area contributed by atoms with Gasteiger partial charge in [0.15, 0.2) is 0 Å². The molecule has 1 aromatic rings. The molecular formula is C17H21F4N3O2. The van der Waals surface area contributed by atoms with Crippen LogP contribution in [0.1, 0.15) is 49.0 Å². The number of amides is 1. The predicted molar refractivity (Wildman–Crippen MR) is 84.1 cm³/mol. The first kappa shape index (κ1) is 18.8. The highest BCUT2D eigenvalue weighted by Gasteiger charge is 2.45. The fourth-order valence-corrected chi connectivity index (χ4v) is 3.84. The smallest absolute Gasteiger partial charge is 0.270 e. The van der Waals surface area contributed by atoms with Crippen molar-refractivity contribution < 1.29 is 27.2 Å². The maximum atomic E-state index is 13.6. The SMILES string of the molecule is O=CC(NC(=O)c1ccnn1CC1CC(F)(F)C1)C1CCCC(F)(F)C1. The molecule has 0 bridgehead atoms. The lowest BCUT2D eigenvalue weighted by Crippen LogP contribution is -2.45. The summed E-state index contributed by atoms with van der Waals surface area (Å²) in [5, 5.41) is 6.47. The summed E-state index contributed by atoms with van der Waals surface area (Å²) in [5.41, 5.74) is 0.134. The fourth-order valence-electron chi connectivity index (χ4n) is 3.84. The molecule has 5 nitrogen and oxygen atoms in total. The second kappa shape index (κ2) is 7.00. The molecule has 2 atom stereocenters. The van der Waals surface area contributed by atoms with E-state index in [-0.39, 0.29) is 37.4 Å². The average Bonchev–Trinajstić information content (AvgIpc) is 2.98. The molecule has 2 saturated carbocycles. The van der Waals surface area contributed by atoms with Gasteiger partial charge >= 0.3 is 0 Å². The number of alkyl halides is 4. The molecule has 0 saturated heterocycles. The van der Waals surface area contributed by atoms with E-state index in [0.29, 0.717) is 19.1 Å². The maximum Gasteiger partial charge on any atom is 0.270 e. The quantitative estimate of drug-likeness (QED) is 0.614. The van der Waals surface area contributed by atoms with Crippen LogP contribution in [0.2, 0.25) is 0 Å². The van der Waals surface area contributed by atoms with E-state index in [9.17, 15) is 27.2 Å². The van der Waals surface area contributed by atoms with E-state index in [1.807, 2.05) is 0 Å². The van der Waals surface area contributed by atoms with Crippen molar-refractivity contribution in [3.05, 3.63) is 18.0 Å². The number of carbonyl (C=O) groups is 2. The Balaban J connectivity index is 1.62. The van der Waals surface area contributed by atoms with E-state index in [2.05, 4.69) is 10.4 Å². The average molecular weight is 375 g/mol. The zero-order valence-corrected chi connectivity index (χ0v) is 14.1. The zero-order chi connectivity index (χ0) is 18.9. The Hall–Kier alpha value is -1.93. The van der Waals surface area contributed by atoms with E-state index in [0.717, 1.165) is 0 Å². The summed E-state index contributed by atoms with van der Waals surface area (Å²) in [6.45, 7) is 0.179. The lowest BCUT2D eigenvalue weighted by Gasteiger charge is -2.35. The third-order valence-corrected chi connectivity index (χ3v) is 5.19. The second-order valence-electron chi connectivity index (χ2n) is 7.38. The van der Waals surface area contributed by atoms with Crippen LogP contribution in [0.3, 0.4) is 0 Å². The number of carbonyl (C=O) groups excluding carboxylic acids is 2. The van der Waals surface area contributed by atoms with Crippen LogP contribution >= 0.6 is 0 Å². The van der Waals surface area contributed by atoms with Crippen molar-refractivity contribution in [3.63, 3.8) is 0 Å². The van der Waals surface area contributed by atoms with Crippen LogP contribution in [-0.4, -0.2) is 39.9 Å². The molecule has 1 N–H and O–H groups in total. The Bertz CT molecular complexity index is 669. The Kier molecular flexibility index (Phi) is 5.07. The van der Waals surface area contributed by atoms with Crippen molar-refractivity contribution in [2.75, 3.05) is 0 Å². The lowest BCUT2D eigenvalue weighted by atomic mass is 9.81. The van der Waals surface area contributed by atoms with Crippen LogP contribution in [0.25, 0.3) is 0 Å². The van der Waals surface area contributed by atoms with Crippen LogP contribution in [0.4, 0.5) is 17.6 Å². The molecule has 3 rings (SSSR count). The van der Waals surface area contributed by atoms with Gasteiger partial charge in [0.05, 0.1) is 6.04 Å². The first-order valence-corrected chi connectivity index (χ1v) is 8.73. The molecule has 2 unspecified atom stereocenters. The van der Waals surface area contributed by atoms with Gasteiger partial charge in [0, 0.05) is 38.4 Å². The van der Waals surface area contributed by atoms with E-state index in [4.69, 9.17) is 0 Å². The number of aromatic nitrogens is 2. The molecule has 1 amide bonds. The van der Waals surface area contributed by atoms with Gasteiger partial charge in [-0.05, 0) is 30.7 Å². The molecule has 2 fully saturated rings. The molecule has 0 aromatic carbocycles. The van der Waals surface area contributed by atoms with E-state index >= 15 is 0 Å². The van der Waals surface area contributed by atoms with Crippen molar-refractivity contribution >= 4 is 12.2 Å². The van der Waals surface area contributed by atoms with Crippen molar-refractivity contribution in [1.82, 2.24) is 15.1 Å². The monoisotopic (exact) mass is 375 g/mol. The van der Waals surface area contributed by atoms with Gasteiger partial charge in [-0.25, -0.2) is 17.6 Å². The predicted octanol–water partition coefficient (Wildman–Crippen LogP) is 3.05. The molecule has 2 aliphatic carbocycles. The molecule has 0 spiro atoms. The van der Waals surface area contributed by atoms with Gasteiger partial charge in [-0.15, -0.1) is 0 Å². The molecule has 9 heteroatoms. The highest BCUT2D eigenvalue weighted by molar-refractivity contribution is 5.94. The maximum absolute atomic E-state index is 13.6. The van der Waals surface area contributed by atoms with Crippen LogP contribution in [0, 0.1) is 11.8 Å². The Morgan fingerprint density at radius 1 is 1.31 bits per heavy atom. The van der Waals surface area contributed by atoms with Gasteiger partial charge in [-0.3, -0.25) is 9.48 Å². The standard InChI is InChI=1S/C17H21F4N3O2/c18-16(19)4-1-2-12(8-16)13(10-25)23-15(26)14-3-5-22-24(14)9-11-6-17(20,21)7-11/h3,5,10-13H,1-2,4,6-9H2,(H,23,26). The first-order valence-electron chi connectivity index (χ1n) is 8.73. The van der Waals surface area contributed by atoms with Crippen LogP contribution < -0.4 is 5.32 Å². The molecule has 0 radical (unpaired) electrons. The summed E-state index contributed by atoms with van der Waals surface area (Å²) in [6, 6.07) is 0.411. The van der Waals surface area contributed by atoms with Gasteiger partial charge in [0.25, 0.3) is 5.91 Å². The van der Waals surface area contributed by atoms with Crippen molar-refractivity contribution in [1.29, 1.82) is 0 Å². The number of nitrogens with zero attached hydrogens (tertiary/aromatic N) is 2. The minimum atomic E-state index is -2.83. The Labute approximate surface area is 148 Å². The number of halogens is 4. The van der Waals surface area contributed by atoms with Crippen LogP contribution in [0.5, 0.6) is 0 Å². The summed E-state index contributed by atoms with van der Waals surface area (Å²) >= 11 is 0. The summed E-state index contributed by atoms with van der Waals surface area (Å²) in [5.74, 6) is -6.99. The van der Waals surface area contributed by atoms with Gasteiger partial charge in [0.2, 0.25) is 11.8 Å². The van der Waals surface area contributed by atoms with Crippen LogP contribution in [0.15, 0.2) is 12.3 Å². The summed E-state index contributed by atoms with van der Waals surface area (Å²) < 4.78 is 54.4. The van der Waals surface area contributed by atoms with E-state index in [1.54, 1.807) is 0 Å². The van der Waals surface area contributed by atoms with Gasteiger partial charge in [-0.2, -0.15) is 5.10 Å². The number of hydrogen-bond donors (Lipinski definition) is 1. The minimum absolute atomic E-state index is 0.134. The van der Waals surface area contributed by atoms with Gasteiger partial charge in [-0.1, -0.05) is 0 Å². The van der Waals surface area contributed by atoms with E-state index < -0.39 is 36.1 Å². The largest absolute Gasteiger partial charge is 0.341 e.